The highest BCUT2D eigenvalue weighted by Crippen LogP contribution is 2.30. The summed E-state index contributed by atoms with van der Waals surface area (Å²) in [7, 11) is 0. The molecule has 0 spiro atoms. The number of halogens is 1. The number of esters is 1. The van der Waals surface area contributed by atoms with Crippen LogP contribution < -0.4 is 10.6 Å². The van der Waals surface area contributed by atoms with Crippen LogP contribution in [0.2, 0.25) is 0 Å². The molecule has 1 fully saturated rings. The molecule has 0 radical (unpaired) electrons. The van der Waals surface area contributed by atoms with E-state index in [1.165, 1.54) is 0 Å². The number of hydrogen-bond acceptors (Lipinski definition) is 7. The first-order chi connectivity index (χ1) is 14.7. The molecule has 3 aromatic rings. The molecule has 3 aromatic heterocycles. The van der Waals surface area contributed by atoms with Gasteiger partial charge in [0.15, 0.2) is 5.65 Å². The molecule has 9 heteroatoms. The van der Waals surface area contributed by atoms with Gasteiger partial charge in [-0.2, -0.15) is 9.61 Å². The third-order valence-electron chi connectivity index (χ3n) is 5.31. The van der Waals surface area contributed by atoms with E-state index in [4.69, 9.17) is 9.72 Å². The highest BCUT2D eigenvalue weighted by atomic mass is 79.9. The molecule has 1 aliphatic rings. The number of carbonyl (C=O) groups is 1. The van der Waals surface area contributed by atoms with Crippen molar-refractivity contribution >= 4 is 39.2 Å². The van der Waals surface area contributed by atoms with Gasteiger partial charge in [0.25, 0.3) is 0 Å². The van der Waals surface area contributed by atoms with Crippen LogP contribution in [0.3, 0.4) is 0 Å². The average molecular weight is 473 g/mol. The number of carbonyl (C=O) groups excluding carboxylic acids is 1. The fourth-order valence-corrected chi connectivity index (χ4v) is 4.20. The number of pyridine rings is 1. The van der Waals surface area contributed by atoms with Gasteiger partial charge in [0, 0.05) is 31.0 Å². The molecule has 0 aromatic carbocycles. The lowest BCUT2D eigenvalue weighted by molar-refractivity contribution is -0.149. The Labute approximate surface area is 183 Å². The Bertz CT molecular complexity index is 1010. The smallest absolute Gasteiger partial charge is 0.311 e. The van der Waals surface area contributed by atoms with Gasteiger partial charge in [0.05, 0.1) is 23.2 Å². The molecule has 1 aliphatic carbocycles. The molecule has 2 N–H and O–H groups in total. The number of hydrogen-bond donors (Lipinski definition) is 2. The summed E-state index contributed by atoms with van der Waals surface area (Å²) in [6.45, 7) is 2.85. The zero-order chi connectivity index (χ0) is 20.9. The van der Waals surface area contributed by atoms with Crippen LogP contribution >= 0.6 is 15.9 Å². The van der Waals surface area contributed by atoms with Gasteiger partial charge in [0.2, 0.25) is 0 Å². The lowest BCUT2D eigenvalue weighted by Crippen LogP contribution is -2.38. The second-order valence-corrected chi connectivity index (χ2v) is 8.22. The standard InChI is InChI=1S/C21H25BrN6O2/c1-2-30-21(29)15-7-3-4-8-17(15)26-18-10-19(24-12-14-6-5-9-23-11-14)28-20(27-18)16(22)13-25-28/h5-6,9-11,13,15,17,24H,2-4,7-8,12H2,1H3,(H,26,27)/t15-,17+/m0/s1. The molecule has 8 nitrogen and oxygen atoms in total. The van der Waals surface area contributed by atoms with Crippen molar-refractivity contribution in [1.82, 2.24) is 19.6 Å². The Hall–Kier alpha value is -2.68. The van der Waals surface area contributed by atoms with Crippen molar-refractivity contribution in [2.75, 3.05) is 17.2 Å². The van der Waals surface area contributed by atoms with Crippen LogP contribution in [0.1, 0.15) is 38.2 Å². The largest absolute Gasteiger partial charge is 0.466 e. The van der Waals surface area contributed by atoms with Crippen LogP contribution in [-0.4, -0.2) is 38.2 Å². The molecule has 0 bridgehead atoms. The third kappa shape index (κ3) is 4.56. The first-order valence-corrected chi connectivity index (χ1v) is 11.0. The highest BCUT2D eigenvalue weighted by molar-refractivity contribution is 9.10. The SMILES string of the molecule is CCOC(=O)[C@H]1CCCC[C@H]1Nc1cc(NCc2cccnc2)n2ncc(Br)c2n1. The highest BCUT2D eigenvalue weighted by Gasteiger charge is 2.32. The lowest BCUT2D eigenvalue weighted by atomic mass is 9.84. The van der Waals surface area contributed by atoms with Crippen molar-refractivity contribution in [2.24, 2.45) is 5.92 Å². The second-order valence-electron chi connectivity index (χ2n) is 7.36. The average Bonchev–Trinajstić information content (AvgIpc) is 3.14. The van der Waals surface area contributed by atoms with E-state index in [0.717, 1.165) is 41.5 Å². The first kappa shape index (κ1) is 20.6. The summed E-state index contributed by atoms with van der Waals surface area (Å²) in [4.78, 5) is 21.3. The normalized spacial score (nSPS) is 18.9. The minimum Gasteiger partial charge on any atom is -0.466 e. The summed E-state index contributed by atoms with van der Waals surface area (Å²) in [6, 6.07) is 5.86. The van der Waals surface area contributed by atoms with Crippen molar-refractivity contribution in [2.45, 2.75) is 45.2 Å². The van der Waals surface area contributed by atoms with E-state index in [2.05, 4.69) is 36.6 Å². The number of nitrogens with zero attached hydrogens (tertiary/aromatic N) is 4. The Morgan fingerprint density at radius 1 is 1.33 bits per heavy atom. The Kier molecular flexibility index (Phi) is 6.47. The maximum atomic E-state index is 12.4. The first-order valence-electron chi connectivity index (χ1n) is 10.3. The van der Waals surface area contributed by atoms with Gasteiger partial charge in [-0.1, -0.05) is 18.9 Å². The van der Waals surface area contributed by atoms with E-state index in [0.29, 0.717) is 24.6 Å². The Balaban J connectivity index is 1.59. The molecular formula is C21H25BrN6O2. The Morgan fingerprint density at radius 3 is 3.00 bits per heavy atom. The predicted octanol–water partition coefficient (Wildman–Crippen LogP) is 4.03. The van der Waals surface area contributed by atoms with E-state index < -0.39 is 0 Å². The maximum Gasteiger partial charge on any atom is 0.311 e. The molecule has 1 saturated carbocycles. The fraction of sp³-hybridized carbons (Fsp3) is 0.429. The zero-order valence-corrected chi connectivity index (χ0v) is 18.4. The summed E-state index contributed by atoms with van der Waals surface area (Å²) in [6.07, 6.45) is 9.18. The minimum atomic E-state index is -0.156. The molecule has 158 valence electrons. The van der Waals surface area contributed by atoms with Gasteiger partial charge in [0.1, 0.15) is 11.6 Å². The minimum absolute atomic E-state index is 0.000574. The number of ether oxygens (including phenoxy) is 1. The van der Waals surface area contributed by atoms with E-state index in [9.17, 15) is 4.79 Å². The topological polar surface area (TPSA) is 93.4 Å². The number of fused-ring (bicyclic) bond motifs is 1. The maximum absolute atomic E-state index is 12.4. The lowest BCUT2D eigenvalue weighted by Gasteiger charge is -2.31. The van der Waals surface area contributed by atoms with Gasteiger partial charge < -0.3 is 15.4 Å². The Morgan fingerprint density at radius 2 is 2.20 bits per heavy atom. The molecule has 0 amide bonds. The zero-order valence-electron chi connectivity index (χ0n) is 16.8. The molecule has 4 rings (SSSR count). The third-order valence-corrected chi connectivity index (χ3v) is 5.87. The summed E-state index contributed by atoms with van der Waals surface area (Å²) in [5.41, 5.74) is 1.77. The quantitative estimate of drug-likeness (QED) is 0.501. The van der Waals surface area contributed by atoms with Crippen LogP contribution in [0.25, 0.3) is 5.65 Å². The van der Waals surface area contributed by atoms with Gasteiger partial charge in [-0.3, -0.25) is 9.78 Å². The van der Waals surface area contributed by atoms with E-state index >= 15 is 0 Å². The van der Waals surface area contributed by atoms with Crippen molar-refractivity contribution < 1.29 is 9.53 Å². The van der Waals surface area contributed by atoms with Crippen LogP contribution in [0.5, 0.6) is 0 Å². The number of anilines is 2. The molecular weight excluding hydrogens is 448 g/mol. The van der Waals surface area contributed by atoms with E-state index in [1.54, 1.807) is 16.9 Å². The number of rotatable bonds is 7. The second kappa shape index (κ2) is 9.42. The van der Waals surface area contributed by atoms with Crippen molar-refractivity contribution in [3.8, 4) is 0 Å². The summed E-state index contributed by atoms with van der Waals surface area (Å²) < 4.78 is 7.86. The molecule has 0 aliphatic heterocycles. The molecule has 0 saturated heterocycles. The molecule has 0 unspecified atom stereocenters. The monoisotopic (exact) mass is 472 g/mol. The van der Waals surface area contributed by atoms with Crippen LogP contribution in [-0.2, 0) is 16.1 Å². The number of aromatic nitrogens is 4. The number of nitrogens with one attached hydrogen (secondary N) is 2. The van der Waals surface area contributed by atoms with E-state index in [1.807, 2.05) is 31.3 Å². The van der Waals surface area contributed by atoms with Gasteiger partial charge in [-0.15, -0.1) is 0 Å². The summed E-state index contributed by atoms with van der Waals surface area (Å²) in [5.74, 6) is 1.23. The predicted molar refractivity (Wildman–Crippen MR) is 118 cm³/mol. The molecule has 30 heavy (non-hydrogen) atoms. The summed E-state index contributed by atoms with van der Waals surface area (Å²) >= 11 is 3.53. The van der Waals surface area contributed by atoms with Gasteiger partial charge >= 0.3 is 5.97 Å². The van der Waals surface area contributed by atoms with Crippen molar-refractivity contribution in [3.63, 3.8) is 0 Å². The van der Waals surface area contributed by atoms with Crippen molar-refractivity contribution in [3.05, 3.63) is 46.8 Å². The van der Waals surface area contributed by atoms with Crippen LogP contribution in [0, 0.1) is 5.92 Å². The fourth-order valence-electron chi connectivity index (χ4n) is 3.86. The van der Waals surface area contributed by atoms with Crippen LogP contribution in [0.15, 0.2) is 41.3 Å². The van der Waals surface area contributed by atoms with Gasteiger partial charge in [-0.25, -0.2) is 4.98 Å². The van der Waals surface area contributed by atoms with Crippen molar-refractivity contribution in [1.29, 1.82) is 0 Å². The molecule has 3 heterocycles. The van der Waals surface area contributed by atoms with Gasteiger partial charge in [-0.05, 0) is 47.3 Å². The summed E-state index contributed by atoms with van der Waals surface area (Å²) in [5, 5.41) is 11.3. The van der Waals surface area contributed by atoms with E-state index in [-0.39, 0.29) is 17.9 Å². The molecule has 2 atom stereocenters. The van der Waals surface area contributed by atoms with Crippen LogP contribution in [0.4, 0.5) is 11.6 Å².